The molecule has 31 heavy (non-hydrogen) atoms. The Morgan fingerprint density at radius 2 is 1.68 bits per heavy atom. The number of nitrogens with zero attached hydrogens (tertiary/aromatic N) is 1. The van der Waals surface area contributed by atoms with Gasteiger partial charge in [0.1, 0.15) is 11.9 Å². The van der Waals surface area contributed by atoms with Crippen molar-refractivity contribution in [2.75, 3.05) is 18.4 Å². The second-order valence-electron chi connectivity index (χ2n) is 6.36. The van der Waals surface area contributed by atoms with Gasteiger partial charge in [0, 0.05) is 23.2 Å². The molecule has 0 spiro atoms. The first-order valence-corrected chi connectivity index (χ1v) is 8.82. The molecule has 0 saturated carbocycles. The van der Waals surface area contributed by atoms with Crippen molar-refractivity contribution in [3.8, 4) is 5.75 Å². The number of piperidine rings is 1. The minimum atomic E-state index is -5.08. The molecule has 1 saturated heterocycles. The highest BCUT2D eigenvalue weighted by Gasteiger charge is 2.39. The second-order valence-corrected chi connectivity index (χ2v) is 6.36. The topological polar surface area (TPSA) is 101 Å². The number of amides is 1. The maximum atomic E-state index is 12.7. The van der Waals surface area contributed by atoms with Crippen LogP contribution >= 0.6 is 0 Å². The quantitative estimate of drug-likeness (QED) is 0.616. The van der Waals surface area contributed by atoms with Crippen molar-refractivity contribution in [3.05, 3.63) is 30.6 Å². The molecule has 3 N–H and O–H groups in total. The highest BCUT2D eigenvalue weighted by molar-refractivity contribution is 6.06. The fraction of sp³-hybridized carbons (Fsp3) is 0.389. The molecule has 0 atom stereocenters. The Bertz CT molecular complexity index is 927. The fourth-order valence-electron chi connectivity index (χ4n) is 2.65. The van der Waals surface area contributed by atoms with Crippen LogP contribution in [0.3, 0.4) is 0 Å². The summed E-state index contributed by atoms with van der Waals surface area (Å²) < 4.78 is 75.6. The Morgan fingerprint density at radius 3 is 2.23 bits per heavy atom. The van der Waals surface area contributed by atoms with Crippen LogP contribution in [-0.2, 0) is 9.59 Å². The molecule has 1 fully saturated rings. The van der Waals surface area contributed by atoms with Gasteiger partial charge < -0.3 is 20.5 Å². The Balaban J connectivity index is 0.000000423. The van der Waals surface area contributed by atoms with E-state index in [4.69, 9.17) is 14.6 Å². The van der Waals surface area contributed by atoms with Gasteiger partial charge in [-0.15, -0.1) is 0 Å². The number of hydrogen-bond donors (Lipinski definition) is 3. The number of aliphatic carboxylic acids is 1. The van der Waals surface area contributed by atoms with Crippen LogP contribution in [0.2, 0.25) is 0 Å². The van der Waals surface area contributed by atoms with E-state index in [-0.39, 0.29) is 17.5 Å². The number of aromatic nitrogens is 1. The van der Waals surface area contributed by atoms with Crippen molar-refractivity contribution in [1.29, 1.82) is 0 Å². The number of carbonyl (C=O) groups is 2. The van der Waals surface area contributed by atoms with E-state index in [9.17, 15) is 31.1 Å². The minimum Gasteiger partial charge on any atom is -0.488 e. The number of nitrogens with one attached hydrogen (secondary N) is 2. The predicted molar refractivity (Wildman–Crippen MR) is 96.6 cm³/mol. The van der Waals surface area contributed by atoms with Gasteiger partial charge in [-0.05, 0) is 44.1 Å². The first kappa shape index (κ1) is 24.2. The maximum absolute atomic E-state index is 12.7. The van der Waals surface area contributed by atoms with Gasteiger partial charge in [0.15, 0.2) is 0 Å². The van der Waals surface area contributed by atoms with E-state index in [1.54, 1.807) is 18.2 Å². The van der Waals surface area contributed by atoms with Crippen molar-refractivity contribution < 1.29 is 45.8 Å². The van der Waals surface area contributed by atoms with Gasteiger partial charge in [-0.2, -0.15) is 26.3 Å². The molecular weight excluding hydrogens is 436 g/mol. The first-order chi connectivity index (χ1) is 14.4. The van der Waals surface area contributed by atoms with Crippen molar-refractivity contribution in [2.24, 2.45) is 0 Å². The van der Waals surface area contributed by atoms with Gasteiger partial charge in [-0.1, -0.05) is 0 Å². The number of carboxylic acids is 1. The molecular formula is C18H17F6N3O4. The third-order valence-electron chi connectivity index (χ3n) is 4.10. The smallest absolute Gasteiger partial charge is 0.488 e. The number of hydrogen-bond acceptors (Lipinski definition) is 5. The lowest BCUT2D eigenvalue weighted by Crippen LogP contribution is -2.34. The van der Waals surface area contributed by atoms with Crippen molar-refractivity contribution >= 4 is 28.3 Å². The maximum Gasteiger partial charge on any atom is 0.490 e. The Hall–Kier alpha value is -3.09. The zero-order chi connectivity index (χ0) is 23.2. The first-order valence-electron chi connectivity index (χ1n) is 8.82. The van der Waals surface area contributed by atoms with E-state index in [0.29, 0.717) is 10.8 Å². The lowest BCUT2D eigenvalue weighted by molar-refractivity contribution is -0.192. The fourth-order valence-corrected chi connectivity index (χ4v) is 2.65. The number of carboxylic acid groups (broad SMARTS) is 1. The van der Waals surface area contributed by atoms with E-state index in [1.807, 2.05) is 5.32 Å². The highest BCUT2D eigenvalue weighted by Crippen LogP contribution is 2.35. The van der Waals surface area contributed by atoms with E-state index < -0.39 is 24.2 Å². The Labute approximate surface area is 171 Å². The minimum absolute atomic E-state index is 0.0238. The molecule has 1 aliphatic rings. The molecule has 13 heteroatoms. The number of pyridine rings is 1. The number of alkyl halides is 6. The van der Waals surface area contributed by atoms with Crippen molar-refractivity contribution in [3.63, 3.8) is 0 Å². The van der Waals surface area contributed by atoms with Crippen LogP contribution in [0.5, 0.6) is 5.75 Å². The lowest BCUT2D eigenvalue weighted by atomic mass is 10.1. The summed E-state index contributed by atoms with van der Waals surface area (Å²) in [4.78, 5) is 24.2. The molecule has 3 rings (SSSR count). The molecule has 170 valence electrons. The van der Waals surface area contributed by atoms with Gasteiger partial charge >= 0.3 is 24.2 Å². The van der Waals surface area contributed by atoms with E-state index in [2.05, 4.69) is 10.3 Å². The van der Waals surface area contributed by atoms with Crippen LogP contribution in [0.4, 0.5) is 32.0 Å². The summed E-state index contributed by atoms with van der Waals surface area (Å²) in [6, 6.07) is 4.83. The number of ether oxygens (including phenoxy) is 1. The van der Waals surface area contributed by atoms with E-state index in [1.165, 1.54) is 12.4 Å². The molecule has 1 aliphatic heterocycles. The average Bonchev–Trinajstić information content (AvgIpc) is 2.69. The summed E-state index contributed by atoms with van der Waals surface area (Å²) in [6.45, 7) is 1.57. The number of benzene rings is 1. The van der Waals surface area contributed by atoms with Crippen LogP contribution in [0.25, 0.3) is 10.8 Å². The summed E-state index contributed by atoms with van der Waals surface area (Å²) >= 11 is 0. The normalized spacial score (nSPS) is 15.0. The molecule has 2 aromatic rings. The lowest BCUT2D eigenvalue weighted by Gasteiger charge is -2.25. The standard InChI is InChI=1S/C16H16F3N3O2.C2HF3O2/c17-16(18,19)15(23)22-14-12-5-8-21-9-10(12)1-2-13(14)24-11-3-6-20-7-4-11;3-2(4,5)1(6)7/h1-2,5,8-9,11,20H,3-4,6-7H2,(H,22,23);(H,6,7). The number of anilines is 1. The molecule has 0 radical (unpaired) electrons. The van der Waals surface area contributed by atoms with Crippen molar-refractivity contribution in [2.45, 2.75) is 31.3 Å². The summed E-state index contributed by atoms with van der Waals surface area (Å²) in [5, 5.41) is 13.3. The average molecular weight is 453 g/mol. The molecule has 1 aromatic heterocycles. The van der Waals surface area contributed by atoms with Crippen LogP contribution < -0.4 is 15.4 Å². The van der Waals surface area contributed by atoms with Gasteiger partial charge in [0.2, 0.25) is 0 Å². The monoisotopic (exact) mass is 453 g/mol. The Kier molecular flexibility index (Phi) is 7.65. The SMILES string of the molecule is O=C(Nc1c(OC2CCNCC2)ccc2cnccc12)C(F)(F)F.O=C(O)C(F)(F)F. The molecule has 7 nitrogen and oxygen atoms in total. The van der Waals surface area contributed by atoms with Crippen LogP contribution in [-0.4, -0.2) is 53.5 Å². The van der Waals surface area contributed by atoms with Crippen LogP contribution in [0.15, 0.2) is 30.6 Å². The number of rotatable bonds is 3. The predicted octanol–water partition coefficient (Wildman–Crippen LogP) is 3.50. The second kappa shape index (κ2) is 9.81. The van der Waals surface area contributed by atoms with E-state index >= 15 is 0 Å². The summed E-state index contributed by atoms with van der Waals surface area (Å²) in [6.07, 6.45) is -5.68. The molecule has 0 bridgehead atoms. The molecule has 1 aromatic carbocycles. The summed E-state index contributed by atoms with van der Waals surface area (Å²) in [7, 11) is 0. The summed E-state index contributed by atoms with van der Waals surface area (Å²) in [5.41, 5.74) is 0.0238. The zero-order valence-electron chi connectivity index (χ0n) is 15.7. The summed E-state index contributed by atoms with van der Waals surface area (Å²) in [5.74, 6) is -4.55. The number of halogens is 6. The number of carbonyl (C=O) groups excluding carboxylic acids is 1. The highest BCUT2D eigenvalue weighted by atomic mass is 19.4. The van der Waals surface area contributed by atoms with E-state index in [0.717, 1.165) is 25.9 Å². The van der Waals surface area contributed by atoms with Gasteiger partial charge in [-0.25, -0.2) is 4.79 Å². The van der Waals surface area contributed by atoms with Crippen molar-refractivity contribution in [1.82, 2.24) is 10.3 Å². The molecule has 0 aliphatic carbocycles. The Morgan fingerprint density at radius 1 is 1.06 bits per heavy atom. The van der Waals surface area contributed by atoms with Gasteiger partial charge in [0.05, 0.1) is 5.69 Å². The van der Waals surface area contributed by atoms with Gasteiger partial charge in [-0.3, -0.25) is 9.78 Å². The molecule has 2 heterocycles. The third-order valence-corrected chi connectivity index (χ3v) is 4.10. The van der Waals surface area contributed by atoms with Gasteiger partial charge in [0.25, 0.3) is 0 Å². The largest absolute Gasteiger partial charge is 0.490 e. The van der Waals surface area contributed by atoms with Crippen LogP contribution in [0, 0.1) is 0 Å². The third kappa shape index (κ3) is 6.98. The molecule has 1 amide bonds. The zero-order valence-corrected chi connectivity index (χ0v) is 15.7. The number of fused-ring (bicyclic) bond motifs is 1. The van der Waals surface area contributed by atoms with Crippen LogP contribution in [0.1, 0.15) is 12.8 Å². The molecule has 0 unspecified atom stereocenters.